The molecule has 1 fully saturated rings. The molecule has 0 aliphatic carbocycles. The van der Waals surface area contributed by atoms with Gasteiger partial charge < -0.3 is 19.5 Å². The van der Waals surface area contributed by atoms with Crippen molar-refractivity contribution in [3.05, 3.63) is 108 Å². The summed E-state index contributed by atoms with van der Waals surface area (Å²) in [6, 6.07) is 25.6. The molecule has 32 heavy (non-hydrogen) atoms. The van der Waals surface area contributed by atoms with Crippen molar-refractivity contribution in [1.82, 2.24) is 14.9 Å². The van der Waals surface area contributed by atoms with E-state index in [0.717, 1.165) is 28.5 Å². The first-order valence-electron chi connectivity index (χ1n) is 10.2. The molecule has 0 radical (unpaired) electrons. The van der Waals surface area contributed by atoms with Crippen LogP contribution in [0.25, 0.3) is 5.69 Å². The Hall–Kier alpha value is -3.35. The van der Waals surface area contributed by atoms with Crippen molar-refractivity contribution >= 4 is 34.6 Å². The second-order valence-corrected chi connectivity index (χ2v) is 8.30. The van der Waals surface area contributed by atoms with Crippen LogP contribution in [0.2, 0.25) is 5.02 Å². The Kier molecular flexibility index (Phi) is 5.55. The van der Waals surface area contributed by atoms with Crippen LogP contribution >= 0.6 is 23.8 Å². The number of aromatic nitrogens is 2. The van der Waals surface area contributed by atoms with E-state index in [9.17, 15) is 0 Å². The maximum atomic E-state index is 6.30. The summed E-state index contributed by atoms with van der Waals surface area (Å²) >= 11 is 12.1. The molecule has 1 aliphatic heterocycles. The van der Waals surface area contributed by atoms with Crippen molar-refractivity contribution < 1.29 is 4.74 Å². The van der Waals surface area contributed by atoms with Gasteiger partial charge in [0.15, 0.2) is 5.11 Å². The van der Waals surface area contributed by atoms with Gasteiger partial charge in [0.25, 0.3) is 0 Å². The quantitative estimate of drug-likeness (QED) is 0.386. The van der Waals surface area contributed by atoms with E-state index in [1.807, 2.05) is 79.0 Å². The molecule has 5 nitrogen and oxygen atoms in total. The van der Waals surface area contributed by atoms with Gasteiger partial charge in [-0.3, -0.25) is 4.98 Å². The Morgan fingerprint density at radius 3 is 2.59 bits per heavy atom. The molecule has 0 unspecified atom stereocenters. The van der Waals surface area contributed by atoms with Gasteiger partial charge in [-0.2, -0.15) is 0 Å². The number of rotatable bonds is 5. The smallest absolute Gasteiger partial charge is 0.174 e. The number of hydrogen-bond donors (Lipinski definition) is 1. The molecule has 1 aliphatic rings. The molecule has 0 spiro atoms. The average molecular weight is 461 g/mol. The fourth-order valence-electron chi connectivity index (χ4n) is 4.19. The van der Waals surface area contributed by atoms with Crippen molar-refractivity contribution in [2.24, 2.45) is 0 Å². The predicted octanol–water partition coefficient (Wildman–Crippen LogP) is 5.71. The molecule has 160 valence electrons. The highest BCUT2D eigenvalue weighted by molar-refractivity contribution is 7.80. The lowest BCUT2D eigenvalue weighted by atomic mass is 10.0. The lowest BCUT2D eigenvalue weighted by Gasteiger charge is -2.29. The first kappa shape index (κ1) is 20.5. The number of pyridine rings is 1. The average Bonchev–Trinajstić information content (AvgIpc) is 3.44. The van der Waals surface area contributed by atoms with Crippen molar-refractivity contribution in [2.75, 3.05) is 12.0 Å². The summed E-state index contributed by atoms with van der Waals surface area (Å²) < 4.78 is 7.62. The molecule has 2 atom stereocenters. The number of ether oxygens (including phenoxy) is 1. The van der Waals surface area contributed by atoms with Crippen LogP contribution in [0.15, 0.2) is 91.3 Å². The molecule has 2 aromatic carbocycles. The van der Waals surface area contributed by atoms with Crippen LogP contribution < -0.4 is 15.0 Å². The van der Waals surface area contributed by atoms with E-state index in [2.05, 4.69) is 25.8 Å². The maximum Gasteiger partial charge on any atom is 0.174 e. The number of methoxy groups -OCH3 is 1. The molecule has 1 saturated heterocycles. The largest absolute Gasteiger partial charge is 0.497 e. The zero-order valence-corrected chi connectivity index (χ0v) is 18.9. The second-order valence-electron chi connectivity index (χ2n) is 7.48. The molecule has 4 aromatic rings. The Morgan fingerprint density at radius 2 is 1.81 bits per heavy atom. The summed E-state index contributed by atoms with van der Waals surface area (Å²) in [5.74, 6) is 0.774. The van der Waals surface area contributed by atoms with Gasteiger partial charge in [-0.1, -0.05) is 29.8 Å². The van der Waals surface area contributed by atoms with E-state index >= 15 is 0 Å². The fraction of sp³-hybridized carbons (Fsp3) is 0.120. The van der Waals surface area contributed by atoms with Crippen LogP contribution in [0.1, 0.15) is 23.5 Å². The van der Waals surface area contributed by atoms with Crippen LogP contribution in [-0.4, -0.2) is 21.8 Å². The van der Waals surface area contributed by atoms with E-state index in [-0.39, 0.29) is 12.1 Å². The Labute approximate surface area is 197 Å². The predicted molar refractivity (Wildman–Crippen MR) is 132 cm³/mol. The molecule has 7 heteroatoms. The topological polar surface area (TPSA) is 42.3 Å². The van der Waals surface area contributed by atoms with Gasteiger partial charge in [0.2, 0.25) is 0 Å². The normalized spacial score (nSPS) is 17.9. The van der Waals surface area contributed by atoms with Gasteiger partial charge >= 0.3 is 0 Å². The Morgan fingerprint density at radius 1 is 0.969 bits per heavy atom. The van der Waals surface area contributed by atoms with Gasteiger partial charge in [-0.05, 0) is 66.8 Å². The molecule has 0 saturated carbocycles. The zero-order valence-electron chi connectivity index (χ0n) is 17.4. The number of nitrogens with zero attached hydrogens (tertiary/aromatic N) is 3. The molecular formula is C25H21ClN4OS. The van der Waals surface area contributed by atoms with Crippen LogP contribution in [-0.2, 0) is 0 Å². The van der Waals surface area contributed by atoms with E-state index in [1.54, 1.807) is 13.3 Å². The minimum atomic E-state index is -0.140. The summed E-state index contributed by atoms with van der Waals surface area (Å²) in [5.41, 5.74) is 3.92. The summed E-state index contributed by atoms with van der Waals surface area (Å²) in [6.45, 7) is 0. The van der Waals surface area contributed by atoms with Crippen LogP contribution in [0.4, 0.5) is 5.69 Å². The molecule has 0 amide bonds. The fourth-order valence-corrected chi connectivity index (χ4v) is 4.72. The van der Waals surface area contributed by atoms with Gasteiger partial charge in [-0.25, -0.2) is 0 Å². The van der Waals surface area contributed by atoms with Gasteiger partial charge in [0.1, 0.15) is 11.8 Å². The van der Waals surface area contributed by atoms with Crippen molar-refractivity contribution in [3.8, 4) is 11.4 Å². The monoisotopic (exact) mass is 460 g/mol. The molecule has 3 heterocycles. The number of hydrogen-bond acceptors (Lipinski definition) is 3. The lowest BCUT2D eigenvalue weighted by Crippen LogP contribution is -2.30. The summed E-state index contributed by atoms with van der Waals surface area (Å²) in [7, 11) is 1.66. The minimum Gasteiger partial charge on any atom is -0.497 e. The third-order valence-corrected chi connectivity index (χ3v) is 6.15. The third-order valence-electron chi connectivity index (χ3n) is 5.60. The zero-order chi connectivity index (χ0) is 22.1. The third kappa shape index (κ3) is 3.72. The number of benzene rings is 2. The minimum absolute atomic E-state index is 0.136. The highest BCUT2D eigenvalue weighted by atomic mass is 35.5. The number of nitrogens with one attached hydrogen (secondary N) is 1. The van der Waals surface area contributed by atoms with Crippen LogP contribution in [0.5, 0.6) is 5.75 Å². The van der Waals surface area contributed by atoms with Crippen LogP contribution in [0, 0.1) is 0 Å². The molecule has 0 bridgehead atoms. The number of halogens is 1. The highest BCUT2D eigenvalue weighted by Crippen LogP contribution is 2.42. The van der Waals surface area contributed by atoms with E-state index < -0.39 is 0 Å². The molecule has 5 rings (SSSR count). The number of thiocarbonyl (C=S) groups is 1. The summed E-state index contributed by atoms with van der Waals surface area (Å²) in [4.78, 5) is 6.76. The molecule has 2 aromatic heterocycles. The maximum absolute atomic E-state index is 6.30. The number of anilines is 1. The molecular weight excluding hydrogens is 440 g/mol. The second kappa shape index (κ2) is 8.65. The van der Waals surface area contributed by atoms with Crippen molar-refractivity contribution in [3.63, 3.8) is 0 Å². The van der Waals surface area contributed by atoms with Crippen LogP contribution in [0.3, 0.4) is 0 Å². The first-order chi connectivity index (χ1) is 15.7. The lowest BCUT2D eigenvalue weighted by molar-refractivity contribution is 0.414. The summed E-state index contributed by atoms with van der Waals surface area (Å²) in [5, 5.41) is 4.82. The van der Waals surface area contributed by atoms with Gasteiger partial charge in [0.05, 0.1) is 18.8 Å². The van der Waals surface area contributed by atoms with E-state index in [1.165, 1.54) is 0 Å². The molecule has 1 N–H and O–H groups in total. The van der Waals surface area contributed by atoms with Gasteiger partial charge in [0, 0.05) is 40.6 Å². The summed E-state index contributed by atoms with van der Waals surface area (Å²) in [6.07, 6.45) is 3.85. The van der Waals surface area contributed by atoms with E-state index in [4.69, 9.17) is 28.6 Å². The van der Waals surface area contributed by atoms with Crippen molar-refractivity contribution in [1.29, 1.82) is 0 Å². The highest BCUT2D eigenvalue weighted by Gasteiger charge is 2.42. The van der Waals surface area contributed by atoms with E-state index in [0.29, 0.717) is 10.1 Å². The standard InChI is InChI=1S/C25H21ClN4OS/c1-31-20-10-5-9-19(16-20)30-24(23(28-25(30)32)21-11-2-3-13-27-21)22-12-6-14-29(22)18-8-4-7-17(26)15-18/h2-16,23-24H,1H3,(H,28,32)/t23-,24+/m1/s1. The SMILES string of the molecule is COc1cccc(N2C(=S)N[C@H](c3ccccn3)[C@@H]2c2cccn2-c2cccc(Cl)c2)c1. The Balaban J connectivity index is 1.67. The van der Waals surface area contributed by atoms with Gasteiger partial charge in [-0.15, -0.1) is 0 Å². The Bertz CT molecular complexity index is 1260. The first-order valence-corrected chi connectivity index (χ1v) is 11.0. The van der Waals surface area contributed by atoms with Crippen molar-refractivity contribution in [2.45, 2.75) is 12.1 Å².